The Labute approximate surface area is 169 Å². The van der Waals surface area contributed by atoms with Gasteiger partial charge in [0.05, 0.1) is 47.7 Å². The number of ether oxygens (including phenoxy) is 3. The Kier molecular flexibility index (Phi) is 4.53. The molecule has 0 aromatic heterocycles. The van der Waals surface area contributed by atoms with Gasteiger partial charge in [0.15, 0.2) is 11.5 Å². The van der Waals surface area contributed by atoms with Crippen molar-refractivity contribution in [1.29, 1.82) is 0 Å². The Balaban J connectivity index is 1.84. The molecule has 2 aliphatic rings. The third-order valence-corrected chi connectivity index (χ3v) is 6.59. The highest BCUT2D eigenvalue weighted by Gasteiger charge is 2.50. The third kappa shape index (κ3) is 2.87. The van der Waals surface area contributed by atoms with Gasteiger partial charge in [0.1, 0.15) is 5.75 Å². The lowest BCUT2D eigenvalue weighted by atomic mass is 9.65. The van der Waals surface area contributed by atoms with Gasteiger partial charge in [0.2, 0.25) is 0 Å². The zero-order valence-corrected chi connectivity index (χ0v) is 18.0. The first-order chi connectivity index (χ1) is 12.8. The smallest absolute Gasteiger partial charge is 0.166 e. The summed E-state index contributed by atoms with van der Waals surface area (Å²) in [5.74, 6) is 2.84. The Morgan fingerprint density at radius 3 is 2.70 bits per heavy atom. The standard InChI is InChI=1S/C22H26BrNO3/c1-13(2)27-14-9-10-18-16(11-14)22(3,4)17-12-26-21-15(20(17)24(18)23)7-6-8-19(21)25-5/h6-11,13,17,20H,12H2,1-5H3. The van der Waals surface area contributed by atoms with Gasteiger partial charge in [-0.3, -0.25) is 0 Å². The molecule has 2 unspecified atom stereocenters. The predicted molar refractivity (Wildman–Crippen MR) is 111 cm³/mol. The van der Waals surface area contributed by atoms with E-state index in [1.807, 2.05) is 12.1 Å². The number of rotatable bonds is 3. The highest BCUT2D eigenvalue weighted by Crippen LogP contribution is 2.57. The number of hydrogen-bond donors (Lipinski definition) is 0. The molecule has 2 heterocycles. The average Bonchev–Trinajstić information content (AvgIpc) is 2.64. The van der Waals surface area contributed by atoms with E-state index in [1.165, 1.54) is 11.3 Å². The van der Waals surface area contributed by atoms with Crippen molar-refractivity contribution >= 4 is 21.8 Å². The van der Waals surface area contributed by atoms with E-state index in [9.17, 15) is 0 Å². The van der Waals surface area contributed by atoms with Crippen molar-refractivity contribution in [3.63, 3.8) is 0 Å². The predicted octanol–water partition coefficient (Wildman–Crippen LogP) is 5.64. The van der Waals surface area contributed by atoms with E-state index in [0.717, 1.165) is 22.8 Å². The summed E-state index contributed by atoms with van der Waals surface area (Å²) in [6.07, 6.45) is 0.153. The number of anilines is 1. The maximum absolute atomic E-state index is 6.20. The molecular formula is C22H26BrNO3. The summed E-state index contributed by atoms with van der Waals surface area (Å²) in [6, 6.07) is 12.7. The number of para-hydroxylation sites is 1. The van der Waals surface area contributed by atoms with Crippen molar-refractivity contribution in [2.45, 2.75) is 45.3 Å². The molecule has 2 aliphatic heterocycles. The SMILES string of the molecule is COc1cccc2c1OCC1C2N(Br)c2ccc(OC(C)C)cc2C1(C)C. The van der Waals surface area contributed by atoms with Crippen molar-refractivity contribution in [3.8, 4) is 17.2 Å². The molecule has 0 spiro atoms. The molecule has 0 saturated carbocycles. The van der Waals surface area contributed by atoms with Crippen LogP contribution >= 0.6 is 16.1 Å². The van der Waals surface area contributed by atoms with Crippen LogP contribution in [0.4, 0.5) is 5.69 Å². The van der Waals surface area contributed by atoms with Crippen LogP contribution in [0.15, 0.2) is 36.4 Å². The molecule has 0 saturated heterocycles. The number of halogens is 1. The van der Waals surface area contributed by atoms with Gasteiger partial charge in [0.25, 0.3) is 0 Å². The number of methoxy groups -OCH3 is 1. The zero-order valence-electron chi connectivity index (χ0n) is 16.5. The Hall–Kier alpha value is -1.88. The second-order valence-corrected chi connectivity index (χ2v) is 8.88. The largest absolute Gasteiger partial charge is 0.493 e. The molecule has 5 heteroatoms. The highest BCUT2D eigenvalue weighted by molar-refractivity contribution is 9.10. The van der Waals surface area contributed by atoms with Crippen LogP contribution in [0.2, 0.25) is 0 Å². The molecule has 0 amide bonds. The quantitative estimate of drug-likeness (QED) is 0.588. The minimum absolute atomic E-state index is 0.0681. The highest BCUT2D eigenvalue weighted by atomic mass is 79.9. The summed E-state index contributed by atoms with van der Waals surface area (Å²) in [6.45, 7) is 9.35. The number of hydrogen-bond acceptors (Lipinski definition) is 4. The minimum atomic E-state index is -0.0681. The third-order valence-electron chi connectivity index (χ3n) is 5.77. The average molecular weight is 432 g/mol. The Morgan fingerprint density at radius 1 is 1.22 bits per heavy atom. The van der Waals surface area contributed by atoms with Crippen LogP contribution in [-0.4, -0.2) is 19.8 Å². The van der Waals surface area contributed by atoms with Gasteiger partial charge in [-0.15, -0.1) is 0 Å². The molecule has 2 aromatic carbocycles. The summed E-state index contributed by atoms with van der Waals surface area (Å²) >= 11 is 3.87. The van der Waals surface area contributed by atoms with Crippen LogP contribution in [0, 0.1) is 5.92 Å². The first-order valence-corrected chi connectivity index (χ1v) is 10.1. The number of nitrogens with zero attached hydrogens (tertiary/aromatic N) is 1. The van der Waals surface area contributed by atoms with Gasteiger partial charge in [-0.2, -0.15) is 0 Å². The van der Waals surface area contributed by atoms with E-state index in [4.69, 9.17) is 14.2 Å². The molecule has 2 aromatic rings. The van der Waals surface area contributed by atoms with Crippen LogP contribution < -0.4 is 18.1 Å². The summed E-state index contributed by atoms with van der Waals surface area (Å²) in [7, 11) is 1.69. The zero-order chi connectivity index (χ0) is 19.3. The van der Waals surface area contributed by atoms with Crippen molar-refractivity contribution in [1.82, 2.24) is 0 Å². The lowest BCUT2D eigenvalue weighted by Gasteiger charge is -2.51. The maximum atomic E-state index is 6.20. The molecule has 0 fully saturated rings. The van der Waals surface area contributed by atoms with Gasteiger partial charge in [0, 0.05) is 16.9 Å². The van der Waals surface area contributed by atoms with Crippen LogP contribution in [0.3, 0.4) is 0 Å². The van der Waals surface area contributed by atoms with Crippen molar-refractivity contribution in [2.75, 3.05) is 17.6 Å². The van der Waals surface area contributed by atoms with Crippen LogP contribution in [0.5, 0.6) is 17.2 Å². The van der Waals surface area contributed by atoms with Crippen LogP contribution in [-0.2, 0) is 5.41 Å². The second kappa shape index (κ2) is 6.62. The summed E-state index contributed by atoms with van der Waals surface area (Å²) in [5, 5.41) is 0. The van der Waals surface area contributed by atoms with Gasteiger partial charge < -0.3 is 18.1 Å². The first kappa shape index (κ1) is 18.5. The number of benzene rings is 2. The Morgan fingerprint density at radius 2 is 2.00 bits per heavy atom. The second-order valence-electron chi connectivity index (χ2n) is 8.12. The lowest BCUT2D eigenvalue weighted by Crippen LogP contribution is -2.48. The van der Waals surface area contributed by atoms with Crippen LogP contribution in [0.1, 0.15) is 44.9 Å². The van der Waals surface area contributed by atoms with Crippen molar-refractivity contribution in [2.24, 2.45) is 5.92 Å². The molecule has 4 nitrogen and oxygen atoms in total. The molecule has 144 valence electrons. The topological polar surface area (TPSA) is 30.9 Å². The molecule has 0 N–H and O–H groups in total. The monoisotopic (exact) mass is 431 g/mol. The van der Waals surface area contributed by atoms with E-state index >= 15 is 0 Å². The van der Waals surface area contributed by atoms with Crippen molar-refractivity contribution < 1.29 is 14.2 Å². The minimum Gasteiger partial charge on any atom is -0.493 e. The van der Waals surface area contributed by atoms with E-state index in [-0.39, 0.29) is 17.6 Å². The van der Waals surface area contributed by atoms with Gasteiger partial charge in [-0.1, -0.05) is 26.0 Å². The van der Waals surface area contributed by atoms with Gasteiger partial charge in [-0.25, -0.2) is 0 Å². The molecule has 0 bridgehead atoms. The van der Waals surface area contributed by atoms with Gasteiger partial charge in [-0.05, 0) is 43.7 Å². The lowest BCUT2D eigenvalue weighted by molar-refractivity contribution is 0.126. The molecule has 0 radical (unpaired) electrons. The Bertz CT molecular complexity index is 865. The van der Waals surface area contributed by atoms with E-state index in [1.54, 1.807) is 7.11 Å². The van der Waals surface area contributed by atoms with Crippen molar-refractivity contribution in [3.05, 3.63) is 47.5 Å². The van der Waals surface area contributed by atoms with E-state index < -0.39 is 0 Å². The van der Waals surface area contributed by atoms with E-state index in [2.05, 4.69) is 72.0 Å². The molecular weight excluding hydrogens is 406 g/mol. The fourth-order valence-electron chi connectivity index (χ4n) is 4.36. The molecule has 2 atom stereocenters. The summed E-state index contributed by atoms with van der Waals surface area (Å²) in [4.78, 5) is 0. The normalized spacial score (nSPS) is 22.4. The van der Waals surface area contributed by atoms with Crippen LogP contribution in [0.25, 0.3) is 0 Å². The molecule has 4 rings (SSSR count). The molecule has 0 aliphatic carbocycles. The summed E-state index contributed by atoms with van der Waals surface area (Å²) < 4.78 is 19.9. The summed E-state index contributed by atoms with van der Waals surface area (Å²) in [5.41, 5.74) is 3.53. The van der Waals surface area contributed by atoms with Gasteiger partial charge >= 0.3 is 0 Å². The molecule has 27 heavy (non-hydrogen) atoms. The fourth-order valence-corrected chi connectivity index (χ4v) is 5.17. The maximum Gasteiger partial charge on any atom is 0.166 e. The van der Waals surface area contributed by atoms with E-state index in [0.29, 0.717) is 12.5 Å². The number of fused-ring (bicyclic) bond motifs is 4. The fraction of sp³-hybridized carbons (Fsp3) is 0.455. The first-order valence-electron chi connectivity index (χ1n) is 9.40.